The minimum atomic E-state index is -0.328. The first-order valence-electron chi connectivity index (χ1n) is 8.40. The van der Waals surface area contributed by atoms with Crippen molar-refractivity contribution in [2.45, 2.75) is 13.3 Å². The summed E-state index contributed by atoms with van der Waals surface area (Å²) in [5.41, 5.74) is 7.74. The van der Waals surface area contributed by atoms with Crippen LogP contribution in [-0.4, -0.2) is 42.3 Å². The van der Waals surface area contributed by atoms with E-state index in [1.165, 1.54) is 16.9 Å². The molecule has 0 unspecified atom stereocenters. The molecule has 0 saturated carbocycles. The van der Waals surface area contributed by atoms with Gasteiger partial charge in [0.15, 0.2) is 10.2 Å². The number of amides is 1. The Balaban J connectivity index is 1.48. The average molecular weight is 392 g/mol. The number of carbonyl (C=O) groups is 1. The number of anilines is 2. The van der Waals surface area contributed by atoms with Crippen LogP contribution in [-0.2, 0) is 11.2 Å². The van der Waals surface area contributed by atoms with Crippen molar-refractivity contribution in [3.05, 3.63) is 40.9 Å². The van der Waals surface area contributed by atoms with Gasteiger partial charge < -0.3 is 15.0 Å². The lowest BCUT2D eigenvalue weighted by atomic mass is 10.1. The molecule has 1 saturated heterocycles. The highest BCUT2D eigenvalue weighted by Crippen LogP contribution is 2.21. The molecule has 9 heteroatoms. The third kappa shape index (κ3) is 4.90. The molecule has 26 heavy (non-hydrogen) atoms. The number of morpholine rings is 1. The standard InChI is InChI=1S/C17H21N5O2S2/c1-2-12-3-5-13(6-4-12)18-16(25)21-20-15(23)14-11-26-17(19-14)22-7-9-24-10-8-22/h3-6,11H,2,7-10H2,1H3,(H,20,23)(H2,18,21,25). The Hall–Kier alpha value is -2.23. The Labute approximate surface area is 161 Å². The summed E-state index contributed by atoms with van der Waals surface area (Å²) < 4.78 is 5.33. The fourth-order valence-electron chi connectivity index (χ4n) is 2.43. The maximum absolute atomic E-state index is 12.2. The smallest absolute Gasteiger partial charge is 0.289 e. The lowest BCUT2D eigenvalue weighted by molar-refractivity contribution is 0.0940. The normalized spacial score (nSPS) is 14.0. The number of carbonyl (C=O) groups excluding carboxylic acids is 1. The van der Waals surface area contributed by atoms with Crippen molar-refractivity contribution in [2.24, 2.45) is 0 Å². The third-order valence-electron chi connectivity index (χ3n) is 3.92. The molecule has 1 amide bonds. The third-order valence-corrected chi connectivity index (χ3v) is 5.02. The van der Waals surface area contributed by atoms with E-state index >= 15 is 0 Å². The number of thiocarbonyl (C=S) groups is 1. The lowest BCUT2D eigenvalue weighted by Crippen LogP contribution is -2.44. The predicted octanol–water partition coefficient (Wildman–Crippen LogP) is 2.17. The summed E-state index contributed by atoms with van der Waals surface area (Å²) in [6.07, 6.45) is 0.985. The van der Waals surface area contributed by atoms with E-state index < -0.39 is 0 Å². The number of hydrazine groups is 1. The number of rotatable bonds is 4. The van der Waals surface area contributed by atoms with Crippen LogP contribution < -0.4 is 21.1 Å². The molecule has 1 aromatic heterocycles. The Morgan fingerprint density at radius 3 is 2.69 bits per heavy atom. The van der Waals surface area contributed by atoms with Gasteiger partial charge in [0.25, 0.3) is 5.91 Å². The van der Waals surface area contributed by atoms with E-state index in [9.17, 15) is 4.79 Å². The van der Waals surface area contributed by atoms with Gasteiger partial charge in [-0.05, 0) is 36.3 Å². The van der Waals surface area contributed by atoms with E-state index in [0.29, 0.717) is 24.0 Å². The van der Waals surface area contributed by atoms with Crippen molar-refractivity contribution in [3.8, 4) is 0 Å². The van der Waals surface area contributed by atoms with E-state index in [-0.39, 0.29) is 5.91 Å². The maximum Gasteiger partial charge on any atom is 0.289 e. The first-order chi connectivity index (χ1) is 12.7. The summed E-state index contributed by atoms with van der Waals surface area (Å²) in [7, 11) is 0. The van der Waals surface area contributed by atoms with Crippen molar-refractivity contribution in [3.63, 3.8) is 0 Å². The van der Waals surface area contributed by atoms with Gasteiger partial charge in [-0.3, -0.25) is 15.6 Å². The van der Waals surface area contributed by atoms with Gasteiger partial charge >= 0.3 is 0 Å². The molecule has 2 heterocycles. The second-order valence-electron chi connectivity index (χ2n) is 5.70. The molecule has 1 aliphatic heterocycles. The molecule has 3 N–H and O–H groups in total. The summed E-state index contributed by atoms with van der Waals surface area (Å²) in [5, 5.41) is 5.90. The highest BCUT2D eigenvalue weighted by Gasteiger charge is 2.17. The van der Waals surface area contributed by atoms with Crippen molar-refractivity contribution < 1.29 is 9.53 Å². The van der Waals surface area contributed by atoms with Crippen LogP contribution in [0.15, 0.2) is 29.6 Å². The zero-order valence-corrected chi connectivity index (χ0v) is 16.1. The molecule has 0 aliphatic carbocycles. The molecule has 0 radical (unpaired) electrons. The van der Waals surface area contributed by atoms with Crippen LogP contribution in [0.2, 0.25) is 0 Å². The number of aromatic nitrogens is 1. The van der Waals surface area contributed by atoms with E-state index in [2.05, 4.69) is 33.0 Å². The minimum Gasteiger partial charge on any atom is -0.378 e. The van der Waals surface area contributed by atoms with Gasteiger partial charge in [-0.25, -0.2) is 4.98 Å². The number of nitrogens with one attached hydrogen (secondary N) is 3. The first-order valence-corrected chi connectivity index (χ1v) is 9.69. The quantitative estimate of drug-likeness (QED) is 0.545. The number of benzene rings is 1. The predicted molar refractivity (Wildman–Crippen MR) is 108 cm³/mol. The van der Waals surface area contributed by atoms with Gasteiger partial charge in [0.05, 0.1) is 13.2 Å². The molecule has 1 fully saturated rings. The average Bonchev–Trinajstić information content (AvgIpc) is 3.18. The fourth-order valence-corrected chi connectivity index (χ4v) is 3.46. The molecule has 0 spiro atoms. The number of hydrogen-bond acceptors (Lipinski definition) is 6. The Morgan fingerprint density at radius 2 is 2.00 bits per heavy atom. The largest absolute Gasteiger partial charge is 0.378 e. The van der Waals surface area contributed by atoms with Crippen LogP contribution in [0.4, 0.5) is 10.8 Å². The first kappa shape index (κ1) is 18.6. The van der Waals surface area contributed by atoms with Gasteiger partial charge in [0.2, 0.25) is 0 Å². The zero-order valence-electron chi connectivity index (χ0n) is 14.4. The number of hydrogen-bond donors (Lipinski definition) is 3. The molecule has 3 rings (SSSR count). The summed E-state index contributed by atoms with van der Waals surface area (Å²) in [5.74, 6) is -0.328. The van der Waals surface area contributed by atoms with Gasteiger partial charge in [0.1, 0.15) is 5.69 Å². The lowest BCUT2D eigenvalue weighted by Gasteiger charge is -2.25. The number of ether oxygens (including phenoxy) is 1. The van der Waals surface area contributed by atoms with Crippen molar-refractivity contribution in [1.29, 1.82) is 0 Å². The van der Waals surface area contributed by atoms with Gasteiger partial charge in [-0.1, -0.05) is 19.1 Å². The molecule has 0 atom stereocenters. The monoisotopic (exact) mass is 391 g/mol. The van der Waals surface area contributed by atoms with Crippen molar-refractivity contribution >= 4 is 45.4 Å². The molecular weight excluding hydrogens is 370 g/mol. The Bertz CT molecular complexity index is 757. The Kier molecular flexibility index (Phi) is 6.37. The van der Waals surface area contributed by atoms with Crippen LogP contribution in [0.1, 0.15) is 23.0 Å². The zero-order chi connectivity index (χ0) is 18.4. The summed E-state index contributed by atoms with van der Waals surface area (Å²) in [4.78, 5) is 18.7. The van der Waals surface area contributed by atoms with Gasteiger partial charge in [-0.15, -0.1) is 11.3 Å². The number of aryl methyl sites for hydroxylation is 1. The highest BCUT2D eigenvalue weighted by molar-refractivity contribution is 7.80. The van der Waals surface area contributed by atoms with Gasteiger partial charge in [-0.2, -0.15) is 0 Å². The Morgan fingerprint density at radius 1 is 1.27 bits per heavy atom. The summed E-state index contributed by atoms with van der Waals surface area (Å²) in [6.45, 7) is 5.05. The molecule has 2 aromatic rings. The topological polar surface area (TPSA) is 78.5 Å². The van der Waals surface area contributed by atoms with Crippen LogP contribution in [0.5, 0.6) is 0 Å². The molecule has 7 nitrogen and oxygen atoms in total. The molecule has 1 aromatic carbocycles. The van der Waals surface area contributed by atoms with E-state index in [0.717, 1.165) is 30.3 Å². The molecule has 0 bridgehead atoms. The maximum atomic E-state index is 12.2. The fraction of sp³-hybridized carbons (Fsp3) is 0.353. The number of thiazole rings is 1. The molecular formula is C17H21N5O2S2. The molecule has 138 valence electrons. The summed E-state index contributed by atoms with van der Waals surface area (Å²) in [6, 6.07) is 7.96. The van der Waals surface area contributed by atoms with Crippen LogP contribution in [0.25, 0.3) is 0 Å². The second kappa shape index (κ2) is 8.93. The van der Waals surface area contributed by atoms with E-state index in [4.69, 9.17) is 17.0 Å². The SMILES string of the molecule is CCc1ccc(NC(=S)NNC(=O)c2csc(N3CCOCC3)n2)cc1. The minimum absolute atomic E-state index is 0.311. The van der Waals surface area contributed by atoms with Crippen LogP contribution >= 0.6 is 23.6 Å². The van der Waals surface area contributed by atoms with Crippen LogP contribution in [0, 0.1) is 0 Å². The van der Waals surface area contributed by atoms with Gasteiger partial charge in [0, 0.05) is 24.2 Å². The van der Waals surface area contributed by atoms with E-state index in [1.54, 1.807) is 5.38 Å². The second-order valence-corrected chi connectivity index (χ2v) is 6.94. The van der Waals surface area contributed by atoms with Crippen LogP contribution in [0.3, 0.4) is 0 Å². The van der Waals surface area contributed by atoms with Crippen molar-refractivity contribution in [2.75, 3.05) is 36.5 Å². The summed E-state index contributed by atoms with van der Waals surface area (Å²) >= 11 is 6.64. The van der Waals surface area contributed by atoms with E-state index in [1.807, 2.05) is 24.3 Å². The molecule has 1 aliphatic rings. The van der Waals surface area contributed by atoms with Crippen molar-refractivity contribution in [1.82, 2.24) is 15.8 Å². The number of nitrogens with zero attached hydrogens (tertiary/aromatic N) is 2. The highest BCUT2D eigenvalue weighted by atomic mass is 32.1.